The van der Waals surface area contributed by atoms with E-state index < -0.39 is 0 Å². The van der Waals surface area contributed by atoms with Gasteiger partial charge in [-0.15, -0.1) is 0 Å². The van der Waals surface area contributed by atoms with Gasteiger partial charge in [0.2, 0.25) is 0 Å². The number of anilines is 1. The van der Waals surface area contributed by atoms with Gasteiger partial charge >= 0.3 is 0 Å². The van der Waals surface area contributed by atoms with Gasteiger partial charge in [-0.1, -0.05) is 5.16 Å². The normalized spacial score (nSPS) is 10.5. The molecule has 0 atom stereocenters. The molecule has 17 heavy (non-hydrogen) atoms. The summed E-state index contributed by atoms with van der Waals surface area (Å²) in [4.78, 5) is 15.8. The highest BCUT2D eigenvalue weighted by molar-refractivity contribution is 5.31. The van der Waals surface area contributed by atoms with Crippen molar-refractivity contribution in [3.63, 3.8) is 0 Å². The van der Waals surface area contributed by atoms with E-state index in [4.69, 9.17) is 4.52 Å². The molecule has 2 heterocycles. The zero-order chi connectivity index (χ0) is 12.3. The summed E-state index contributed by atoms with van der Waals surface area (Å²) in [7, 11) is 0. The highest BCUT2D eigenvalue weighted by Gasteiger charge is 2.05. The fraction of sp³-hybridized carbons (Fsp3) is 0.364. The van der Waals surface area contributed by atoms with E-state index in [0.29, 0.717) is 24.7 Å². The molecule has 2 aromatic heterocycles. The maximum atomic E-state index is 11.8. The number of aromatic nitrogens is 3. The molecule has 0 aliphatic rings. The summed E-state index contributed by atoms with van der Waals surface area (Å²) in [5, 5.41) is 6.71. The topological polar surface area (TPSA) is 73.0 Å². The molecule has 90 valence electrons. The monoisotopic (exact) mass is 234 g/mol. The Morgan fingerprint density at radius 2 is 2.35 bits per heavy atom. The average molecular weight is 234 g/mol. The Morgan fingerprint density at radius 3 is 3.00 bits per heavy atom. The van der Waals surface area contributed by atoms with Crippen molar-refractivity contribution in [3.05, 3.63) is 40.3 Å². The second-order valence-electron chi connectivity index (χ2n) is 3.66. The van der Waals surface area contributed by atoms with Crippen molar-refractivity contribution in [1.82, 2.24) is 14.7 Å². The summed E-state index contributed by atoms with van der Waals surface area (Å²) in [6.45, 7) is 4.77. The quantitative estimate of drug-likeness (QED) is 0.859. The number of hydrogen-bond acceptors (Lipinski definition) is 5. The molecule has 0 aliphatic carbocycles. The van der Waals surface area contributed by atoms with Crippen LogP contribution in [0.2, 0.25) is 0 Å². The zero-order valence-corrected chi connectivity index (χ0v) is 9.80. The second-order valence-corrected chi connectivity index (χ2v) is 3.66. The minimum Gasteiger partial charge on any atom is -0.359 e. The Hall–Kier alpha value is -2.11. The standard InChI is InChI=1S/C11H14N4O2/c1-3-15-5-4-12-10(11(15)16)13-7-9-6-8(2)14-17-9/h4-6H,3,7H2,1-2H3,(H,12,13). The van der Waals surface area contributed by atoms with E-state index in [1.54, 1.807) is 17.0 Å². The van der Waals surface area contributed by atoms with Crippen LogP contribution in [-0.2, 0) is 13.1 Å². The molecule has 0 saturated heterocycles. The van der Waals surface area contributed by atoms with Crippen LogP contribution in [0.1, 0.15) is 18.4 Å². The van der Waals surface area contributed by atoms with Gasteiger partial charge in [-0.25, -0.2) is 4.98 Å². The van der Waals surface area contributed by atoms with E-state index in [-0.39, 0.29) is 5.56 Å². The molecule has 0 bridgehead atoms. The third-order valence-electron chi connectivity index (χ3n) is 2.36. The molecule has 0 spiro atoms. The minimum atomic E-state index is -0.133. The molecule has 6 heteroatoms. The van der Waals surface area contributed by atoms with Gasteiger partial charge in [-0.3, -0.25) is 4.79 Å². The molecule has 6 nitrogen and oxygen atoms in total. The van der Waals surface area contributed by atoms with Crippen molar-refractivity contribution in [2.45, 2.75) is 26.9 Å². The van der Waals surface area contributed by atoms with Crippen LogP contribution in [-0.4, -0.2) is 14.7 Å². The molecule has 0 aromatic carbocycles. The fourth-order valence-electron chi connectivity index (χ4n) is 1.49. The van der Waals surface area contributed by atoms with Gasteiger partial charge in [0.05, 0.1) is 12.2 Å². The van der Waals surface area contributed by atoms with Crippen LogP contribution < -0.4 is 10.9 Å². The molecule has 0 radical (unpaired) electrons. The fourth-order valence-corrected chi connectivity index (χ4v) is 1.49. The Balaban J connectivity index is 2.11. The van der Waals surface area contributed by atoms with E-state index in [2.05, 4.69) is 15.5 Å². The first-order valence-corrected chi connectivity index (χ1v) is 5.42. The van der Waals surface area contributed by atoms with Crippen LogP contribution in [0.15, 0.2) is 27.8 Å². The lowest BCUT2D eigenvalue weighted by Gasteiger charge is -2.05. The first-order valence-electron chi connectivity index (χ1n) is 5.42. The highest BCUT2D eigenvalue weighted by Crippen LogP contribution is 2.04. The second kappa shape index (κ2) is 4.82. The summed E-state index contributed by atoms with van der Waals surface area (Å²) >= 11 is 0. The highest BCUT2D eigenvalue weighted by atomic mass is 16.5. The van der Waals surface area contributed by atoms with Gasteiger partial charge in [0, 0.05) is 25.0 Å². The smallest absolute Gasteiger partial charge is 0.293 e. The van der Waals surface area contributed by atoms with E-state index in [0.717, 1.165) is 5.69 Å². The van der Waals surface area contributed by atoms with Gasteiger partial charge in [0.15, 0.2) is 11.6 Å². The summed E-state index contributed by atoms with van der Waals surface area (Å²) in [6, 6.07) is 1.81. The molecular weight excluding hydrogens is 220 g/mol. The van der Waals surface area contributed by atoms with Crippen molar-refractivity contribution >= 4 is 5.82 Å². The van der Waals surface area contributed by atoms with Crippen LogP contribution in [0.3, 0.4) is 0 Å². The summed E-state index contributed by atoms with van der Waals surface area (Å²) < 4.78 is 6.62. The predicted molar refractivity (Wildman–Crippen MR) is 62.7 cm³/mol. The Bertz CT molecular complexity index is 559. The number of nitrogens with zero attached hydrogens (tertiary/aromatic N) is 3. The minimum absolute atomic E-state index is 0.133. The van der Waals surface area contributed by atoms with E-state index in [1.165, 1.54) is 0 Å². The van der Waals surface area contributed by atoms with Crippen LogP contribution in [0.5, 0.6) is 0 Å². The molecule has 0 fully saturated rings. The summed E-state index contributed by atoms with van der Waals surface area (Å²) in [5.41, 5.74) is 0.681. The third kappa shape index (κ3) is 2.52. The lowest BCUT2D eigenvalue weighted by Crippen LogP contribution is -2.23. The van der Waals surface area contributed by atoms with Crippen molar-refractivity contribution < 1.29 is 4.52 Å². The van der Waals surface area contributed by atoms with Gasteiger partial charge < -0.3 is 14.4 Å². The van der Waals surface area contributed by atoms with E-state index in [9.17, 15) is 4.79 Å². The van der Waals surface area contributed by atoms with Crippen molar-refractivity contribution in [3.8, 4) is 0 Å². The lowest BCUT2D eigenvalue weighted by atomic mass is 10.4. The lowest BCUT2D eigenvalue weighted by molar-refractivity contribution is 0.384. The maximum absolute atomic E-state index is 11.8. The maximum Gasteiger partial charge on any atom is 0.293 e. The Morgan fingerprint density at radius 1 is 1.53 bits per heavy atom. The molecule has 0 amide bonds. The van der Waals surface area contributed by atoms with Crippen LogP contribution in [0.25, 0.3) is 0 Å². The first kappa shape index (κ1) is 11.4. The van der Waals surface area contributed by atoms with Crippen molar-refractivity contribution in [2.75, 3.05) is 5.32 Å². The number of rotatable bonds is 4. The van der Waals surface area contributed by atoms with E-state index in [1.807, 2.05) is 19.9 Å². The molecular formula is C11H14N4O2. The van der Waals surface area contributed by atoms with Crippen LogP contribution in [0, 0.1) is 6.92 Å². The predicted octanol–water partition coefficient (Wildman–Crippen LogP) is 1.17. The number of aryl methyl sites for hydroxylation is 2. The van der Waals surface area contributed by atoms with Gasteiger partial charge in [-0.2, -0.15) is 0 Å². The zero-order valence-electron chi connectivity index (χ0n) is 9.80. The van der Waals surface area contributed by atoms with Gasteiger partial charge in [0.25, 0.3) is 5.56 Å². The van der Waals surface area contributed by atoms with Gasteiger partial charge in [0.1, 0.15) is 0 Å². The molecule has 2 rings (SSSR count). The summed E-state index contributed by atoms with van der Waals surface area (Å²) in [5.74, 6) is 0.999. The molecule has 0 saturated carbocycles. The largest absolute Gasteiger partial charge is 0.359 e. The van der Waals surface area contributed by atoms with Crippen LogP contribution >= 0.6 is 0 Å². The first-order chi connectivity index (χ1) is 8.20. The summed E-state index contributed by atoms with van der Waals surface area (Å²) in [6.07, 6.45) is 3.25. The molecule has 1 N–H and O–H groups in total. The molecule has 0 unspecified atom stereocenters. The van der Waals surface area contributed by atoms with Crippen LogP contribution in [0.4, 0.5) is 5.82 Å². The Labute approximate surface area is 98.3 Å². The van der Waals surface area contributed by atoms with Gasteiger partial charge in [-0.05, 0) is 13.8 Å². The molecule has 2 aromatic rings. The SMILES string of the molecule is CCn1ccnc(NCc2cc(C)no2)c1=O. The number of hydrogen-bond donors (Lipinski definition) is 1. The van der Waals surface area contributed by atoms with E-state index >= 15 is 0 Å². The Kier molecular flexibility index (Phi) is 3.22. The van der Waals surface area contributed by atoms with Crippen molar-refractivity contribution in [2.24, 2.45) is 0 Å². The third-order valence-corrected chi connectivity index (χ3v) is 2.36. The number of nitrogens with one attached hydrogen (secondary N) is 1. The average Bonchev–Trinajstić information content (AvgIpc) is 2.74. The molecule has 0 aliphatic heterocycles. The van der Waals surface area contributed by atoms with Crippen molar-refractivity contribution in [1.29, 1.82) is 0 Å².